The molecule has 1 heterocycles. The minimum absolute atomic E-state index is 0.0255. The Kier molecular flexibility index (Phi) is 7.53. The predicted molar refractivity (Wildman–Crippen MR) is 76.6 cm³/mol. The molecule has 0 amide bonds. The van der Waals surface area contributed by atoms with E-state index in [2.05, 4.69) is 32.7 Å². The van der Waals surface area contributed by atoms with E-state index in [-0.39, 0.29) is 17.5 Å². The van der Waals surface area contributed by atoms with Crippen LogP contribution in [0.25, 0.3) is 0 Å². The molecule has 0 aromatic carbocycles. The average molecular weight is 257 g/mol. The lowest BCUT2D eigenvalue weighted by Gasteiger charge is -2.35. The minimum atomic E-state index is -0.357. The third-order valence-electron chi connectivity index (χ3n) is 2.95. The number of likely N-dealkylation sites (tertiary alicyclic amines) is 1. The summed E-state index contributed by atoms with van der Waals surface area (Å²) < 4.78 is 5.40. The van der Waals surface area contributed by atoms with Crippen molar-refractivity contribution < 1.29 is 9.53 Å². The number of ether oxygens (including phenoxy) is 1. The van der Waals surface area contributed by atoms with E-state index in [0.717, 1.165) is 19.4 Å². The van der Waals surface area contributed by atoms with Crippen LogP contribution in [0.4, 0.5) is 0 Å². The molecule has 3 nitrogen and oxygen atoms in total. The fourth-order valence-corrected chi connectivity index (χ4v) is 1.89. The first-order valence-corrected chi connectivity index (χ1v) is 7.14. The molecule has 0 saturated carbocycles. The second-order valence-corrected chi connectivity index (χ2v) is 6.29. The Balaban J connectivity index is 0.000000873. The maximum absolute atomic E-state index is 11.8. The summed E-state index contributed by atoms with van der Waals surface area (Å²) in [5, 5.41) is 0. The molecule has 1 saturated heterocycles. The number of carbonyl (C=O) groups excluding carboxylic acids is 1. The number of nitrogens with zero attached hydrogens (tertiary/aromatic N) is 1. The molecule has 0 aliphatic carbocycles. The van der Waals surface area contributed by atoms with Gasteiger partial charge in [0.2, 0.25) is 0 Å². The molecule has 0 radical (unpaired) electrons. The van der Waals surface area contributed by atoms with Crippen LogP contribution >= 0.6 is 0 Å². The molecule has 0 N–H and O–H groups in total. The summed E-state index contributed by atoms with van der Waals surface area (Å²) in [6.07, 6.45) is 3.10. The van der Waals surface area contributed by atoms with E-state index in [1.165, 1.54) is 6.42 Å². The highest BCUT2D eigenvalue weighted by molar-refractivity contribution is 5.73. The van der Waals surface area contributed by atoms with Gasteiger partial charge in [-0.3, -0.25) is 4.79 Å². The van der Waals surface area contributed by atoms with Crippen molar-refractivity contribution >= 4 is 5.97 Å². The van der Waals surface area contributed by atoms with Gasteiger partial charge in [0.1, 0.15) is 5.60 Å². The second kappa shape index (κ2) is 7.78. The summed E-state index contributed by atoms with van der Waals surface area (Å²) in [4.78, 5) is 14.1. The Hall–Kier alpha value is -0.570. The van der Waals surface area contributed by atoms with Crippen molar-refractivity contribution in [1.29, 1.82) is 0 Å². The van der Waals surface area contributed by atoms with Crippen molar-refractivity contribution in [3.63, 3.8) is 0 Å². The maximum Gasteiger partial charge on any atom is 0.309 e. The van der Waals surface area contributed by atoms with Crippen LogP contribution in [0.2, 0.25) is 0 Å². The van der Waals surface area contributed by atoms with Gasteiger partial charge in [0.15, 0.2) is 0 Å². The number of esters is 1. The van der Waals surface area contributed by atoms with Gasteiger partial charge < -0.3 is 9.64 Å². The van der Waals surface area contributed by atoms with Crippen molar-refractivity contribution in [2.45, 2.75) is 72.4 Å². The molecule has 1 aliphatic rings. The first-order chi connectivity index (χ1) is 8.21. The van der Waals surface area contributed by atoms with E-state index in [4.69, 9.17) is 4.74 Å². The zero-order valence-electron chi connectivity index (χ0n) is 13.2. The molecular weight excluding hydrogens is 226 g/mol. The fourth-order valence-electron chi connectivity index (χ4n) is 1.89. The van der Waals surface area contributed by atoms with Crippen LogP contribution in [-0.2, 0) is 9.53 Å². The van der Waals surface area contributed by atoms with Crippen LogP contribution in [0.3, 0.4) is 0 Å². The van der Waals surface area contributed by atoms with Gasteiger partial charge >= 0.3 is 5.97 Å². The summed E-state index contributed by atoms with van der Waals surface area (Å²) >= 11 is 0. The molecule has 1 aliphatic heterocycles. The molecular formula is C15H31NO2. The molecule has 3 heteroatoms. The third-order valence-corrected chi connectivity index (χ3v) is 2.95. The van der Waals surface area contributed by atoms with Gasteiger partial charge in [0, 0.05) is 6.04 Å². The van der Waals surface area contributed by atoms with Gasteiger partial charge in [-0.25, -0.2) is 0 Å². The molecule has 1 fully saturated rings. The lowest BCUT2D eigenvalue weighted by Crippen LogP contribution is -2.41. The van der Waals surface area contributed by atoms with Crippen LogP contribution in [0.1, 0.15) is 60.8 Å². The largest absolute Gasteiger partial charge is 0.460 e. The Morgan fingerprint density at radius 2 is 1.83 bits per heavy atom. The van der Waals surface area contributed by atoms with Crippen molar-refractivity contribution in [3.05, 3.63) is 0 Å². The predicted octanol–water partition coefficient (Wildman–Crippen LogP) is 3.47. The third kappa shape index (κ3) is 7.00. The molecule has 108 valence electrons. The monoisotopic (exact) mass is 257 g/mol. The van der Waals surface area contributed by atoms with E-state index >= 15 is 0 Å². The summed E-state index contributed by atoms with van der Waals surface area (Å²) in [5.74, 6) is 0.0675. The summed E-state index contributed by atoms with van der Waals surface area (Å²) in [7, 11) is 2.11. The summed E-state index contributed by atoms with van der Waals surface area (Å²) in [6.45, 7) is 13.2. The number of hydrogen-bond acceptors (Lipinski definition) is 3. The number of piperidine rings is 1. The zero-order valence-corrected chi connectivity index (χ0v) is 13.2. The van der Waals surface area contributed by atoms with Gasteiger partial charge in [-0.1, -0.05) is 20.3 Å². The molecule has 18 heavy (non-hydrogen) atoms. The highest BCUT2D eigenvalue weighted by Gasteiger charge is 2.31. The second-order valence-electron chi connectivity index (χ2n) is 6.29. The van der Waals surface area contributed by atoms with Crippen molar-refractivity contribution in [2.75, 3.05) is 13.6 Å². The van der Waals surface area contributed by atoms with Gasteiger partial charge in [-0.15, -0.1) is 0 Å². The summed E-state index contributed by atoms with van der Waals surface area (Å²) in [5.41, 5.74) is -0.357. The molecule has 0 bridgehead atoms. The summed E-state index contributed by atoms with van der Waals surface area (Å²) in [6, 6.07) is 0.483. The van der Waals surface area contributed by atoms with Crippen LogP contribution in [0.15, 0.2) is 0 Å². The minimum Gasteiger partial charge on any atom is -0.460 e. The fraction of sp³-hybridized carbons (Fsp3) is 0.933. The van der Waals surface area contributed by atoms with Gasteiger partial charge in [0.05, 0.1) is 5.92 Å². The highest BCUT2D eigenvalue weighted by atomic mass is 16.6. The van der Waals surface area contributed by atoms with Crippen LogP contribution in [-0.4, -0.2) is 36.1 Å². The van der Waals surface area contributed by atoms with Crippen LogP contribution in [0, 0.1) is 5.92 Å². The van der Waals surface area contributed by atoms with E-state index < -0.39 is 0 Å². The first kappa shape index (κ1) is 17.4. The molecule has 0 spiro atoms. The normalized spacial score (nSPS) is 25.1. The number of hydrogen-bond donors (Lipinski definition) is 0. The van der Waals surface area contributed by atoms with E-state index in [1.807, 2.05) is 20.8 Å². The van der Waals surface area contributed by atoms with E-state index in [9.17, 15) is 4.79 Å². The maximum atomic E-state index is 11.8. The lowest BCUT2D eigenvalue weighted by molar-refractivity contribution is -0.162. The number of rotatable bonds is 1. The van der Waals surface area contributed by atoms with E-state index in [0.29, 0.717) is 6.04 Å². The van der Waals surface area contributed by atoms with Crippen molar-refractivity contribution in [3.8, 4) is 0 Å². The molecule has 0 aromatic rings. The Labute approximate surface area is 113 Å². The molecule has 1 unspecified atom stereocenters. The first-order valence-electron chi connectivity index (χ1n) is 7.14. The van der Waals surface area contributed by atoms with Gasteiger partial charge in [-0.05, 0) is 54.1 Å². The quantitative estimate of drug-likeness (QED) is 0.674. The topological polar surface area (TPSA) is 29.5 Å². The van der Waals surface area contributed by atoms with E-state index in [1.54, 1.807) is 0 Å². The average Bonchev–Trinajstić information content (AvgIpc) is 2.20. The smallest absolute Gasteiger partial charge is 0.309 e. The molecule has 0 aromatic heterocycles. The van der Waals surface area contributed by atoms with Crippen LogP contribution in [0.5, 0.6) is 0 Å². The van der Waals surface area contributed by atoms with Crippen molar-refractivity contribution in [2.24, 2.45) is 5.92 Å². The molecule has 1 rings (SSSR count). The van der Waals surface area contributed by atoms with Gasteiger partial charge in [-0.2, -0.15) is 0 Å². The van der Waals surface area contributed by atoms with Crippen LogP contribution < -0.4 is 0 Å². The highest BCUT2D eigenvalue weighted by Crippen LogP contribution is 2.24. The standard InChI is InChI=1S/C12H23NO2.C3H8/c1-9-8-10(6-7-13(9)5)11(14)15-12(2,3)4;1-3-2/h9-10H,6-8H2,1-5H3;3H2,1-2H3/t9-,10?;/m0./s1. The Bertz CT molecular complexity index is 245. The zero-order chi connectivity index (χ0) is 14.3. The van der Waals surface area contributed by atoms with Crippen molar-refractivity contribution in [1.82, 2.24) is 4.90 Å². The van der Waals surface area contributed by atoms with Gasteiger partial charge in [0.25, 0.3) is 0 Å². The SMILES string of the molecule is CCC.C[C@H]1CC(C(=O)OC(C)(C)C)CCN1C. The Morgan fingerprint density at radius 1 is 1.33 bits per heavy atom. The Morgan fingerprint density at radius 3 is 2.22 bits per heavy atom. The lowest BCUT2D eigenvalue weighted by atomic mass is 9.92. The number of carbonyl (C=O) groups is 1. The molecule has 2 atom stereocenters.